The second kappa shape index (κ2) is 7.97. The highest BCUT2D eigenvalue weighted by atomic mass is 32.1. The van der Waals surface area contributed by atoms with E-state index in [0.29, 0.717) is 0 Å². The molecule has 102 valence electrons. The summed E-state index contributed by atoms with van der Waals surface area (Å²) in [6, 6.07) is 12.6. The Morgan fingerprint density at radius 2 is 1.95 bits per heavy atom. The Kier molecular flexibility index (Phi) is 5.92. The van der Waals surface area contributed by atoms with Crippen molar-refractivity contribution in [1.29, 1.82) is 0 Å². The van der Waals surface area contributed by atoms with Crippen LogP contribution in [0.15, 0.2) is 41.8 Å². The average Bonchev–Trinajstić information content (AvgIpc) is 2.96. The SMILES string of the molecule is CCc1ccc(OCCNCCc2cccs2)cc1. The lowest BCUT2D eigenvalue weighted by Crippen LogP contribution is -2.23. The van der Waals surface area contributed by atoms with Crippen molar-refractivity contribution in [2.24, 2.45) is 0 Å². The summed E-state index contributed by atoms with van der Waals surface area (Å²) in [4.78, 5) is 1.43. The Morgan fingerprint density at radius 1 is 1.11 bits per heavy atom. The van der Waals surface area contributed by atoms with Crippen molar-refractivity contribution in [3.63, 3.8) is 0 Å². The molecule has 0 fully saturated rings. The van der Waals surface area contributed by atoms with Crippen LogP contribution in [0.2, 0.25) is 0 Å². The predicted molar refractivity (Wildman–Crippen MR) is 82.2 cm³/mol. The second-order valence-corrected chi connectivity index (χ2v) is 5.46. The van der Waals surface area contributed by atoms with Crippen LogP contribution in [0.5, 0.6) is 5.75 Å². The number of rotatable bonds is 8. The van der Waals surface area contributed by atoms with E-state index in [1.807, 2.05) is 23.5 Å². The first-order valence-corrected chi connectivity index (χ1v) is 7.71. The molecule has 1 heterocycles. The maximum Gasteiger partial charge on any atom is 0.119 e. The highest BCUT2D eigenvalue weighted by molar-refractivity contribution is 7.09. The van der Waals surface area contributed by atoms with Crippen LogP contribution in [0.4, 0.5) is 0 Å². The summed E-state index contributed by atoms with van der Waals surface area (Å²) < 4.78 is 5.68. The van der Waals surface area contributed by atoms with Gasteiger partial charge < -0.3 is 10.1 Å². The largest absolute Gasteiger partial charge is 0.492 e. The molecule has 2 nitrogen and oxygen atoms in total. The summed E-state index contributed by atoms with van der Waals surface area (Å²) in [5.41, 5.74) is 1.35. The smallest absolute Gasteiger partial charge is 0.119 e. The lowest BCUT2D eigenvalue weighted by Gasteiger charge is -2.07. The number of benzene rings is 1. The van der Waals surface area contributed by atoms with Crippen molar-refractivity contribution in [1.82, 2.24) is 5.32 Å². The average molecular weight is 275 g/mol. The van der Waals surface area contributed by atoms with E-state index in [4.69, 9.17) is 4.74 Å². The molecule has 1 aromatic heterocycles. The molecule has 0 radical (unpaired) electrons. The minimum Gasteiger partial charge on any atom is -0.492 e. The van der Waals surface area contributed by atoms with Gasteiger partial charge >= 0.3 is 0 Å². The molecule has 1 aromatic carbocycles. The van der Waals surface area contributed by atoms with Gasteiger partial charge in [-0.2, -0.15) is 0 Å². The van der Waals surface area contributed by atoms with E-state index in [1.165, 1.54) is 10.4 Å². The van der Waals surface area contributed by atoms with E-state index < -0.39 is 0 Å². The minimum absolute atomic E-state index is 0.718. The molecule has 0 bridgehead atoms. The molecule has 0 saturated heterocycles. The zero-order chi connectivity index (χ0) is 13.3. The van der Waals surface area contributed by atoms with Gasteiger partial charge in [0.2, 0.25) is 0 Å². The second-order valence-electron chi connectivity index (χ2n) is 4.43. The molecular formula is C16H21NOS. The van der Waals surface area contributed by atoms with Gasteiger partial charge in [-0.1, -0.05) is 25.1 Å². The van der Waals surface area contributed by atoms with Gasteiger partial charge in [-0.15, -0.1) is 11.3 Å². The quantitative estimate of drug-likeness (QED) is 0.744. The fourth-order valence-electron chi connectivity index (χ4n) is 1.85. The summed E-state index contributed by atoms with van der Waals surface area (Å²) in [7, 11) is 0. The number of nitrogens with one attached hydrogen (secondary N) is 1. The normalized spacial score (nSPS) is 10.6. The summed E-state index contributed by atoms with van der Waals surface area (Å²) in [6.45, 7) is 4.78. The summed E-state index contributed by atoms with van der Waals surface area (Å²) in [5, 5.41) is 5.52. The lowest BCUT2D eigenvalue weighted by molar-refractivity contribution is 0.314. The first-order valence-electron chi connectivity index (χ1n) is 6.83. The molecule has 0 saturated carbocycles. The van der Waals surface area contributed by atoms with Crippen LogP contribution in [0.25, 0.3) is 0 Å². The van der Waals surface area contributed by atoms with E-state index >= 15 is 0 Å². The third kappa shape index (κ3) is 5.05. The van der Waals surface area contributed by atoms with Crippen LogP contribution in [-0.4, -0.2) is 19.7 Å². The van der Waals surface area contributed by atoms with Crippen LogP contribution in [0.1, 0.15) is 17.4 Å². The van der Waals surface area contributed by atoms with Gasteiger partial charge in [-0.25, -0.2) is 0 Å². The number of hydrogen-bond donors (Lipinski definition) is 1. The van der Waals surface area contributed by atoms with Gasteiger partial charge in [0.05, 0.1) is 0 Å². The number of ether oxygens (including phenoxy) is 1. The molecule has 0 aliphatic carbocycles. The molecule has 0 amide bonds. The van der Waals surface area contributed by atoms with Crippen molar-refractivity contribution in [2.45, 2.75) is 19.8 Å². The maximum atomic E-state index is 5.68. The van der Waals surface area contributed by atoms with Gasteiger partial charge in [0.1, 0.15) is 12.4 Å². The van der Waals surface area contributed by atoms with E-state index in [2.05, 4.69) is 41.9 Å². The van der Waals surface area contributed by atoms with Crippen LogP contribution in [0.3, 0.4) is 0 Å². The first kappa shape index (κ1) is 14.1. The number of aryl methyl sites for hydroxylation is 1. The standard InChI is InChI=1S/C16H21NOS/c1-2-14-5-7-15(8-6-14)18-12-11-17-10-9-16-4-3-13-19-16/h3-8,13,17H,2,9-12H2,1H3. The third-order valence-corrected chi connectivity index (χ3v) is 3.94. The van der Waals surface area contributed by atoms with Gasteiger partial charge in [0, 0.05) is 18.0 Å². The molecule has 0 atom stereocenters. The third-order valence-electron chi connectivity index (χ3n) is 3.01. The number of thiophene rings is 1. The Bertz CT molecular complexity index is 450. The van der Waals surface area contributed by atoms with Crippen LogP contribution < -0.4 is 10.1 Å². The zero-order valence-electron chi connectivity index (χ0n) is 11.4. The van der Waals surface area contributed by atoms with Gasteiger partial charge in [-0.3, -0.25) is 0 Å². The summed E-state index contributed by atoms with van der Waals surface area (Å²) in [5.74, 6) is 0.956. The van der Waals surface area contributed by atoms with Gasteiger partial charge in [0.25, 0.3) is 0 Å². The van der Waals surface area contributed by atoms with Gasteiger partial charge in [0.15, 0.2) is 0 Å². The fraction of sp³-hybridized carbons (Fsp3) is 0.375. The van der Waals surface area contributed by atoms with E-state index in [1.54, 1.807) is 0 Å². The van der Waals surface area contributed by atoms with Crippen molar-refractivity contribution < 1.29 is 4.74 Å². The molecule has 0 aliphatic heterocycles. The van der Waals surface area contributed by atoms with Crippen molar-refractivity contribution in [2.75, 3.05) is 19.7 Å². The molecule has 2 rings (SSSR count). The first-order chi connectivity index (χ1) is 9.38. The van der Waals surface area contributed by atoms with E-state index in [9.17, 15) is 0 Å². The topological polar surface area (TPSA) is 21.3 Å². The molecule has 19 heavy (non-hydrogen) atoms. The molecule has 2 aromatic rings. The molecule has 1 N–H and O–H groups in total. The molecular weight excluding hydrogens is 254 g/mol. The predicted octanol–water partition coefficient (Wildman–Crippen LogP) is 3.52. The lowest BCUT2D eigenvalue weighted by atomic mass is 10.2. The van der Waals surface area contributed by atoms with Crippen molar-refractivity contribution in [3.05, 3.63) is 52.2 Å². The van der Waals surface area contributed by atoms with Crippen LogP contribution >= 0.6 is 11.3 Å². The molecule has 0 aliphatic rings. The Balaban J connectivity index is 1.56. The Morgan fingerprint density at radius 3 is 2.63 bits per heavy atom. The Hall–Kier alpha value is -1.32. The highest BCUT2D eigenvalue weighted by Crippen LogP contribution is 2.12. The van der Waals surface area contributed by atoms with Gasteiger partial charge in [-0.05, 0) is 42.0 Å². The number of hydrogen-bond acceptors (Lipinski definition) is 3. The van der Waals surface area contributed by atoms with Crippen LogP contribution in [0, 0.1) is 0 Å². The zero-order valence-corrected chi connectivity index (χ0v) is 12.2. The molecule has 0 unspecified atom stereocenters. The maximum absolute atomic E-state index is 5.68. The van der Waals surface area contributed by atoms with E-state index in [0.717, 1.165) is 38.3 Å². The minimum atomic E-state index is 0.718. The monoisotopic (exact) mass is 275 g/mol. The fourth-order valence-corrected chi connectivity index (χ4v) is 2.56. The van der Waals surface area contributed by atoms with E-state index in [-0.39, 0.29) is 0 Å². The van der Waals surface area contributed by atoms with Crippen molar-refractivity contribution >= 4 is 11.3 Å². The summed E-state index contributed by atoms with van der Waals surface area (Å²) in [6.07, 6.45) is 2.17. The summed E-state index contributed by atoms with van der Waals surface area (Å²) >= 11 is 1.82. The Labute approximate surface area is 119 Å². The van der Waals surface area contributed by atoms with Crippen molar-refractivity contribution in [3.8, 4) is 5.75 Å². The van der Waals surface area contributed by atoms with Crippen LogP contribution in [-0.2, 0) is 12.8 Å². The highest BCUT2D eigenvalue weighted by Gasteiger charge is 1.95. The molecule has 3 heteroatoms. The molecule has 0 spiro atoms.